The van der Waals surface area contributed by atoms with Gasteiger partial charge in [-0.25, -0.2) is 4.39 Å². The summed E-state index contributed by atoms with van der Waals surface area (Å²) < 4.78 is 18.1. The van der Waals surface area contributed by atoms with Gasteiger partial charge < -0.3 is 14.7 Å². The number of amides is 1. The molecule has 0 aliphatic carbocycles. The van der Waals surface area contributed by atoms with E-state index in [1.54, 1.807) is 14.1 Å². The van der Waals surface area contributed by atoms with E-state index in [1.807, 2.05) is 0 Å². The predicted molar refractivity (Wildman–Crippen MR) is 56.5 cm³/mol. The second-order valence-electron chi connectivity index (χ2n) is 3.53. The molecule has 1 aromatic carbocycles. The van der Waals surface area contributed by atoms with Gasteiger partial charge in [0.1, 0.15) is 11.6 Å². The first kappa shape index (κ1) is 12.4. The molecule has 0 unspecified atom stereocenters. The molecule has 16 heavy (non-hydrogen) atoms. The summed E-state index contributed by atoms with van der Waals surface area (Å²) in [5.41, 5.74) is 0.410. The molecular weight excluding hydrogens is 213 g/mol. The lowest BCUT2D eigenvalue weighted by molar-refractivity contribution is -0.130. The number of halogens is 1. The summed E-state index contributed by atoms with van der Waals surface area (Å²) in [6.45, 7) is -0.420. The van der Waals surface area contributed by atoms with Gasteiger partial charge in [0.2, 0.25) is 0 Å². The van der Waals surface area contributed by atoms with Crippen molar-refractivity contribution < 1.29 is 19.0 Å². The summed E-state index contributed by atoms with van der Waals surface area (Å²) in [6.07, 6.45) is 0. The lowest BCUT2D eigenvalue weighted by Crippen LogP contribution is -2.27. The summed E-state index contributed by atoms with van der Waals surface area (Å²) in [6, 6.07) is 3.87. The number of likely N-dealkylation sites (N-methyl/N-ethyl adjacent to an activating group) is 1. The van der Waals surface area contributed by atoms with Crippen molar-refractivity contribution in [2.24, 2.45) is 0 Å². The minimum atomic E-state index is -0.501. The van der Waals surface area contributed by atoms with Crippen molar-refractivity contribution in [1.29, 1.82) is 0 Å². The molecule has 1 aromatic rings. The molecular formula is C11H14FNO3. The van der Waals surface area contributed by atoms with Crippen molar-refractivity contribution >= 4 is 5.91 Å². The maximum Gasteiger partial charge on any atom is 0.259 e. The maximum absolute atomic E-state index is 13.0. The highest BCUT2D eigenvalue weighted by molar-refractivity contribution is 5.77. The van der Waals surface area contributed by atoms with E-state index in [9.17, 15) is 9.18 Å². The number of aliphatic hydroxyl groups excluding tert-OH is 1. The molecule has 0 aromatic heterocycles. The van der Waals surface area contributed by atoms with E-state index < -0.39 is 5.82 Å². The standard InChI is InChI=1S/C11H14FNO3/c1-13(2)11(15)7-16-10-4-8(6-14)3-9(12)5-10/h3-5,14H,6-7H2,1-2H3. The van der Waals surface area contributed by atoms with Gasteiger partial charge in [-0.3, -0.25) is 4.79 Å². The fourth-order valence-corrected chi connectivity index (χ4v) is 1.07. The van der Waals surface area contributed by atoms with Crippen LogP contribution in [0.3, 0.4) is 0 Å². The molecule has 0 atom stereocenters. The van der Waals surface area contributed by atoms with Crippen LogP contribution in [-0.2, 0) is 11.4 Å². The van der Waals surface area contributed by atoms with Crippen LogP contribution in [0.15, 0.2) is 18.2 Å². The Hall–Kier alpha value is -1.62. The van der Waals surface area contributed by atoms with Crippen LogP contribution in [0.1, 0.15) is 5.56 Å². The van der Waals surface area contributed by atoms with Crippen LogP contribution in [0.25, 0.3) is 0 Å². The number of nitrogens with zero attached hydrogens (tertiary/aromatic N) is 1. The number of hydrogen-bond acceptors (Lipinski definition) is 3. The zero-order chi connectivity index (χ0) is 12.1. The van der Waals surface area contributed by atoms with Gasteiger partial charge in [0.15, 0.2) is 6.61 Å². The van der Waals surface area contributed by atoms with E-state index in [-0.39, 0.29) is 24.9 Å². The number of hydrogen-bond donors (Lipinski definition) is 1. The molecule has 1 N–H and O–H groups in total. The Bertz CT molecular complexity index is 379. The first-order valence-corrected chi connectivity index (χ1v) is 4.76. The fraction of sp³-hybridized carbons (Fsp3) is 0.364. The lowest BCUT2D eigenvalue weighted by atomic mass is 10.2. The third-order valence-electron chi connectivity index (χ3n) is 1.97. The Balaban J connectivity index is 2.67. The number of rotatable bonds is 4. The monoisotopic (exact) mass is 227 g/mol. The number of aliphatic hydroxyl groups is 1. The van der Waals surface area contributed by atoms with Gasteiger partial charge in [-0.1, -0.05) is 0 Å². The summed E-state index contributed by atoms with van der Waals surface area (Å²) >= 11 is 0. The third-order valence-corrected chi connectivity index (χ3v) is 1.97. The van der Waals surface area contributed by atoms with Crippen molar-refractivity contribution in [2.45, 2.75) is 6.61 Å². The number of ether oxygens (including phenoxy) is 1. The molecule has 0 aliphatic rings. The largest absolute Gasteiger partial charge is 0.484 e. The highest BCUT2D eigenvalue weighted by Gasteiger charge is 2.06. The molecule has 0 fully saturated rings. The second kappa shape index (κ2) is 5.46. The van der Waals surface area contributed by atoms with Crippen molar-refractivity contribution in [2.75, 3.05) is 20.7 Å². The van der Waals surface area contributed by atoms with Crippen molar-refractivity contribution in [3.05, 3.63) is 29.6 Å². The number of carbonyl (C=O) groups excluding carboxylic acids is 1. The molecule has 5 heteroatoms. The fourth-order valence-electron chi connectivity index (χ4n) is 1.07. The van der Waals surface area contributed by atoms with Gasteiger partial charge in [-0.15, -0.1) is 0 Å². The van der Waals surface area contributed by atoms with Gasteiger partial charge in [-0.2, -0.15) is 0 Å². The Labute approximate surface area is 93.3 Å². The smallest absolute Gasteiger partial charge is 0.259 e. The first-order valence-electron chi connectivity index (χ1n) is 4.76. The molecule has 0 saturated heterocycles. The normalized spacial score (nSPS) is 10.0. The van der Waals surface area contributed by atoms with Gasteiger partial charge in [0, 0.05) is 20.2 Å². The van der Waals surface area contributed by atoms with E-state index in [0.717, 1.165) is 0 Å². The summed E-state index contributed by atoms with van der Waals surface area (Å²) in [7, 11) is 3.22. The second-order valence-corrected chi connectivity index (χ2v) is 3.53. The molecule has 0 bridgehead atoms. The van der Waals surface area contributed by atoms with Gasteiger partial charge >= 0.3 is 0 Å². The van der Waals surface area contributed by atoms with E-state index in [0.29, 0.717) is 5.56 Å². The van der Waals surface area contributed by atoms with Crippen molar-refractivity contribution in [3.8, 4) is 5.75 Å². The third kappa shape index (κ3) is 3.51. The van der Waals surface area contributed by atoms with E-state index in [2.05, 4.69) is 0 Å². The van der Waals surface area contributed by atoms with Crippen LogP contribution in [0.4, 0.5) is 4.39 Å². The highest BCUT2D eigenvalue weighted by Crippen LogP contribution is 2.16. The number of carbonyl (C=O) groups is 1. The Kier molecular flexibility index (Phi) is 4.25. The Morgan fingerprint density at radius 2 is 2.12 bits per heavy atom. The van der Waals surface area contributed by atoms with Crippen LogP contribution < -0.4 is 4.74 Å². The lowest BCUT2D eigenvalue weighted by Gasteiger charge is -2.11. The molecule has 0 aliphatic heterocycles. The average molecular weight is 227 g/mol. The molecule has 0 saturated carbocycles. The van der Waals surface area contributed by atoms with Crippen LogP contribution >= 0.6 is 0 Å². The van der Waals surface area contributed by atoms with Crippen LogP contribution in [0, 0.1) is 5.82 Å². The SMILES string of the molecule is CN(C)C(=O)COc1cc(F)cc(CO)c1. The molecule has 88 valence electrons. The predicted octanol–water partition coefficient (Wildman–Crippen LogP) is 0.785. The van der Waals surface area contributed by atoms with Crippen molar-refractivity contribution in [1.82, 2.24) is 4.90 Å². The summed E-state index contributed by atoms with van der Waals surface area (Å²) in [5, 5.41) is 8.85. The molecule has 1 amide bonds. The van der Waals surface area contributed by atoms with Crippen LogP contribution in [-0.4, -0.2) is 36.6 Å². The topological polar surface area (TPSA) is 49.8 Å². The molecule has 0 heterocycles. The van der Waals surface area contributed by atoms with Gasteiger partial charge in [0.25, 0.3) is 5.91 Å². The Morgan fingerprint density at radius 1 is 1.44 bits per heavy atom. The molecule has 0 spiro atoms. The van der Waals surface area contributed by atoms with Crippen molar-refractivity contribution in [3.63, 3.8) is 0 Å². The van der Waals surface area contributed by atoms with Gasteiger partial charge in [0.05, 0.1) is 6.61 Å². The quantitative estimate of drug-likeness (QED) is 0.827. The average Bonchev–Trinajstić information content (AvgIpc) is 2.24. The van der Waals surface area contributed by atoms with Crippen LogP contribution in [0.5, 0.6) is 5.75 Å². The number of benzene rings is 1. The van der Waals surface area contributed by atoms with Crippen LogP contribution in [0.2, 0.25) is 0 Å². The van der Waals surface area contributed by atoms with E-state index >= 15 is 0 Å². The highest BCUT2D eigenvalue weighted by atomic mass is 19.1. The van der Waals surface area contributed by atoms with E-state index in [4.69, 9.17) is 9.84 Å². The zero-order valence-electron chi connectivity index (χ0n) is 9.24. The van der Waals surface area contributed by atoms with Gasteiger partial charge in [-0.05, 0) is 17.7 Å². The van der Waals surface area contributed by atoms with E-state index in [1.165, 1.54) is 23.1 Å². The summed E-state index contributed by atoms with van der Waals surface area (Å²) in [4.78, 5) is 12.6. The zero-order valence-corrected chi connectivity index (χ0v) is 9.24. The minimum absolute atomic E-state index is 0.151. The first-order chi connectivity index (χ1) is 7.52. The summed E-state index contributed by atoms with van der Waals surface area (Å²) in [5.74, 6) is -0.479. The maximum atomic E-state index is 13.0. The Morgan fingerprint density at radius 3 is 2.69 bits per heavy atom. The molecule has 4 nitrogen and oxygen atoms in total. The molecule has 1 rings (SSSR count). The minimum Gasteiger partial charge on any atom is -0.484 e. The molecule has 0 radical (unpaired) electrons.